The molecule has 1 aromatic heterocycles. The summed E-state index contributed by atoms with van der Waals surface area (Å²) in [6.07, 6.45) is 2.42. The number of nitrogens with zero attached hydrogens (tertiary/aromatic N) is 2. The van der Waals surface area contributed by atoms with Crippen molar-refractivity contribution in [1.82, 2.24) is 9.55 Å². The maximum absolute atomic E-state index is 13.5. The van der Waals surface area contributed by atoms with Crippen LogP contribution >= 0.6 is 35.0 Å². The topological polar surface area (TPSA) is 17.8 Å². The fourth-order valence-electron chi connectivity index (χ4n) is 2.66. The van der Waals surface area contributed by atoms with Gasteiger partial charge in [-0.3, -0.25) is 0 Å². The lowest BCUT2D eigenvalue weighted by Crippen LogP contribution is -2.17. The second-order valence-electron chi connectivity index (χ2n) is 5.08. The first-order chi connectivity index (χ1) is 9.69. The molecule has 2 aromatic rings. The van der Waals surface area contributed by atoms with E-state index >= 15 is 0 Å². The minimum Gasteiger partial charge on any atom is -0.327 e. The Kier molecular flexibility index (Phi) is 4.43. The highest BCUT2D eigenvalue weighted by atomic mass is 35.5. The number of fused-ring (bicyclic) bond motifs is 1. The summed E-state index contributed by atoms with van der Waals surface area (Å²) < 4.78 is 15.6. The van der Waals surface area contributed by atoms with Crippen LogP contribution in [0.5, 0.6) is 0 Å². The summed E-state index contributed by atoms with van der Waals surface area (Å²) in [7, 11) is 0. The second-order valence-corrected chi connectivity index (χ2v) is 6.98. The van der Waals surface area contributed by atoms with Crippen LogP contribution in [0.15, 0.2) is 12.1 Å². The van der Waals surface area contributed by atoms with Gasteiger partial charge in [-0.2, -0.15) is 11.8 Å². The quantitative estimate of drug-likeness (QED) is 0.757. The van der Waals surface area contributed by atoms with Gasteiger partial charge in [-0.15, -0.1) is 11.6 Å². The highest BCUT2D eigenvalue weighted by Crippen LogP contribution is 2.29. The lowest BCUT2D eigenvalue weighted by atomic mass is 10.0. The Balaban J connectivity index is 2.00. The minimum absolute atomic E-state index is 0.138. The molecule has 20 heavy (non-hydrogen) atoms. The molecule has 1 aromatic carbocycles. The van der Waals surface area contributed by atoms with Gasteiger partial charge in [0.1, 0.15) is 11.6 Å². The number of thioether (sulfide) groups is 1. The molecule has 6 heteroatoms. The van der Waals surface area contributed by atoms with Crippen LogP contribution in [-0.2, 0) is 12.4 Å². The zero-order valence-electron chi connectivity index (χ0n) is 10.9. The summed E-state index contributed by atoms with van der Waals surface area (Å²) >= 11 is 13.9. The third-order valence-corrected chi connectivity index (χ3v) is 5.35. The molecular formula is C14H15Cl2FN2S. The Bertz CT molecular complexity index is 623. The molecule has 0 atom stereocenters. The third kappa shape index (κ3) is 2.78. The lowest BCUT2D eigenvalue weighted by molar-refractivity contribution is 0.417. The summed E-state index contributed by atoms with van der Waals surface area (Å²) in [5.74, 6) is 3.75. The number of aromatic nitrogens is 2. The van der Waals surface area contributed by atoms with E-state index in [1.807, 2.05) is 11.8 Å². The number of hydrogen-bond donors (Lipinski definition) is 0. The van der Waals surface area contributed by atoms with Gasteiger partial charge in [0.25, 0.3) is 0 Å². The standard InChI is InChI=1S/C14H15Cl2FN2S/c15-7-14-18-12-6-11(17)10(16)5-13(12)19(14)8-9-1-3-20-4-2-9/h5-6,9H,1-4,7-8H2. The molecule has 2 nitrogen and oxygen atoms in total. The molecular weight excluding hydrogens is 318 g/mol. The van der Waals surface area contributed by atoms with Gasteiger partial charge < -0.3 is 4.57 Å². The van der Waals surface area contributed by atoms with Crippen molar-refractivity contribution in [1.29, 1.82) is 0 Å². The first-order valence-electron chi connectivity index (χ1n) is 6.67. The fraction of sp³-hybridized carbons (Fsp3) is 0.500. The zero-order chi connectivity index (χ0) is 14.1. The van der Waals surface area contributed by atoms with Crippen molar-refractivity contribution in [2.24, 2.45) is 5.92 Å². The molecule has 0 amide bonds. The number of imidazole rings is 1. The van der Waals surface area contributed by atoms with Crippen molar-refractivity contribution in [3.63, 3.8) is 0 Å². The highest BCUT2D eigenvalue weighted by Gasteiger charge is 2.19. The number of hydrogen-bond acceptors (Lipinski definition) is 2. The van der Waals surface area contributed by atoms with E-state index in [1.54, 1.807) is 6.07 Å². The van der Waals surface area contributed by atoms with Crippen LogP contribution in [0.3, 0.4) is 0 Å². The summed E-state index contributed by atoms with van der Waals surface area (Å²) in [5, 5.41) is 0.138. The van der Waals surface area contributed by atoms with Crippen LogP contribution < -0.4 is 0 Å². The monoisotopic (exact) mass is 332 g/mol. The zero-order valence-corrected chi connectivity index (χ0v) is 13.2. The third-order valence-electron chi connectivity index (χ3n) is 3.77. The summed E-state index contributed by atoms with van der Waals surface area (Å²) in [6, 6.07) is 3.05. The van der Waals surface area contributed by atoms with E-state index in [0.29, 0.717) is 17.3 Å². The van der Waals surface area contributed by atoms with E-state index in [4.69, 9.17) is 23.2 Å². The van der Waals surface area contributed by atoms with Crippen molar-refractivity contribution in [2.45, 2.75) is 25.3 Å². The number of alkyl halides is 1. The summed E-state index contributed by atoms with van der Waals surface area (Å²) in [6.45, 7) is 0.890. The molecule has 3 rings (SSSR count). The van der Waals surface area contributed by atoms with Crippen LogP contribution in [0.4, 0.5) is 4.39 Å². The van der Waals surface area contributed by atoms with Gasteiger partial charge in [-0.1, -0.05) is 11.6 Å². The minimum atomic E-state index is -0.431. The van der Waals surface area contributed by atoms with Gasteiger partial charge in [0.15, 0.2) is 0 Å². The maximum atomic E-state index is 13.5. The molecule has 1 saturated heterocycles. The maximum Gasteiger partial charge on any atom is 0.144 e. The summed E-state index contributed by atoms with van der Waals surface area (Å²) in [4.78, 5) is 4.43. The molecule has 0 aliphatic carbocycles. The van der Waals surface area contributed by atoms with E-state index in [1.165, 1.54) is 30.4 Å². The van der Waals surface area contributed by atoms with Crippen LogP contribution in [0.25, 0.3) is 11.0 Å². The predicted molar refractivity (Wildman–Crippen MR) is 84.3 cm³/mol. The first kappa shape index (κ1) is 14.5. The van der Waals surface area contributed by atoms with Crippen LogP contribution in [0.1, 0.15) is 18.7 Å². The van der Waals surface area contributed by atoms with Gasteiger partial charge >= 0.3 is 0 Å². The van der Waals surface area contributed by atoms with E-state index in [0.717, 1.165) is 17.9 Å². The van der Waals surface area contributed by atoms with E-state index in [-0.39, 0.29) is 5.02 Å². The van der Waals surface area contributed by atoms with Crippen molar-refractivity contribution in [3.05, 3.63) is 28.8 Å². The van der Waals surface area contributed by atoms with Crippen molar-refractivity contribution >= 4 is 46.0 Å². The molecule has 0 radical (unpaired) electrons. The van der Waals surface area contributed by atoms with Gasteiger partial charge in [-0.25, -0.2) is 9.37 Å². The SMILES string of the molecule is Fc1cc2nc(CCl)n(CC3CCSCC3)c2cc1Cl. The molecule has 108 valence electrons. The second kappa shape index (κ2) is 6.12. The Morgan fingerprint density at radius 1 is 1.35 bits per heavy atom. The molecule has 1 aliphatic rings. The Morgan fingerprint density at radius 3 is 2.80 bits per heavy atom. The molecule has 1 fully saturated rings. The molecule has 0 saturated carbocycles. The van der Waals surface area contributed by atoms with Crippen molar-refractivity contribution in [3.8, 4) is 0 Å². The van der Waals surface area contributed by atoms with E-state index < -0.39 is 5.82 Å². The fourth-order valence-corrected chi connectivity index (χ4v) is 4.23. The smallest absolute Gasteiger partial charge is 0.144 e. The van der Waals surface area contributed by atoms with E-state index in [2.05, 4.69) is 9.55 Å². The molecule has 2 heterocycles. The average Bonchev–Trinajstić information content (AvgIpc) is 2.78. The van der Waals surface area contributed by atoms with E-state index in [9.17, 15) is 4.39 Å². The lowest BCUT2D eigenvalue weighted by Gasteiger charge is -2.22. The van der Waals surface area contributed by atoms with Gasteiger partial charge in [0.2, 0.25) is 0 Å². The predicted octanol–water partition coefficient (Wildman–Crippen LogP) is 4.71. The first-order valence-corrected chi connectivity index (χ1v) is 8.73. The van der Waals surface area contributed by atoms with Crippen molar-refractivity contribution in [2.75, 3.05) is 11.5 Å². The van der Waals surface area contributed by atoms with Gasteiger partial charge in [-0.05, 0) is 36.3 Å². The molecule has 0 N–H and O–H groups in total. The largest absolute Gasteiger partial charge is 0.327 e. The Hall–Kier alpha value is -0.450. The normalized spacial score (nSPS) is 16.9. The Labute approximate surface area is 131 Å². The number of halogens is 3. The highest BCUT2D eigenvalue weighted by molar-refractivity contribution is 7.99. The van der Waals surface area contributed by atoms with Gasteiger partial charge in [0.05, 0.1) is 21.9 Å². The average molecular weight is 333 g/mol. The number of benzene rings is 1. The van der Waals surface area contributed by atoms with Crippen LogP contribution in [0.2, 0.25) is 5.02 Å². The molecule has 1 aliphatic heterocycles. The van der Waals surface area contributed by atoms with Crippen LogP contribution in [0, 0.1) is 11.7 Å². The van der Waals surface area contributed by atoms with Crippen LogP contribution in [-0.4, -0.2) is 21.1 Å². The molecule has 0 spiro atoms. The Morgan fingerprint density at radius 2 is 2.10 bits per heavy atom. The molecule has 0 unspecified atom stereocenters. The van der Waals surface area contributed by atoms with Gasteiger partial charge in [0, 0.05) is 12.6 Å². The molecule has 0 bridgehead atoms. The summed E-state index contributed by atoms with van der Waals surface area (Å²) in [5.41, 5.74) is 1.51. The number of rotatable bonds is 3. The van der Waals surface area contributed by atoms with Crippen molar-refractivity contribution < 1.29 is 4.39 Å².